The first kappa shape index (κ1) is 24.0. The van der Waals surface area contributed by atoms with E-state index in [9.17, 15) is 9.59 Å². The number of benzene rings is 1. The Hall–Kier alpha value is -2.16. The largest absolute Gasteiger partial charge is 0.383 e. The van der Waals surface area contributed by atoms with Gasteiger partial charge in [0.1, 0.15) is 10.9 Å². The SMILES string of the molecule is CCc1cccc2c(/C=C3\SC(=S)N(CCOC)C3=O)cn(CC(=O)N3CCCC[C@@H]3C)c12. The molecule has 0 radical (unpaired) electrons. The van der Waals surface area contributed by atoms with E-state index in [1.54, 1.807) is 12.0 Å². The van der Waals surface area contributed by atoms with E-state index in [1.807, 2.05) is 23.2 Å². The van der Waals surface area contributed by atoms with Crippen LogP contribution in [0.3, 0.4) is 0 Å². The van der Waals surface area contributed by atoms with Crippen LogP contribution in [0.5, 0.6) is 0 Å². The minimum Gasteiger partial charge on any atom is -0.383 e. The Labute approximate surface area is 204 Å². The van der Waals surface area contributed by atoms with E-state index < -0.39 is 0 Å². The molecule has 0 bridgehead atoms. The van der Waals surface area contributed by atoms with E-state index in [-0.39, 0.29) is 17.9 Å². The van der Waals surface area contributed by atoms with E-state index in [2.05, 4.69) is 30.5 Å². The predicted octanol–water partition coefficient (Wildman–Crippen LogP) is 4.45. The number of carbonyl (C=O) groups excluding carboxylic acids is 2. The molecule has 0 aliphatic carbocycles. The molecular weight excluding hydrogens is 454 g/mol. The monoisotopic (exact) mass is 485 g/mol. The molecule has 0 saturated carbocycles. The molecule has 1 aromatic carbocycles. The third kappa shape index (κ3) is 4.88. The lowest BCUT2D eigenvalue weighted by atomic mass is 10.0. The summed E-state index contributed by atoms with van der Waals surface area (Å²) >= 11 is 6.74. The fraction of sp³-hybridized carbons (Fsp3) is 0.480. The van der Waals surface area contributed by atoms with E-state index in [0.29, 0.717) is 28.9 Å². The number of aryl methyl sites for hydroxylation is 1. The van der Waals surface area contributed by atoms with Crippen molar-refractivity contribution in [3.63, 3.8) is 0 Å². The normalized spacial score (nSPS) is 20.5. The van der Waals surface area contributed by atoms with Gasteiger partial charge in [-0.1, -0.05) is 49.1 Å². The lowest BCUT2D eigenvalue weighted by Gasteiger charge is -2.33. The molecule has 8 heteroatoms. The molecule has 176 valence electrons. The Kier molecular flexibility index (Phi) is 7.56. The summed E-state index contributed by atoms with van der Waals surface area (Å²) in [5.74, 6) is 0.0651. The topological polar surface area (TPSA) is 54.8 Å². The van der Waals surface area contributed by atoms with Gasteiger partial charge >= 0.3 is 0 Å². The number of rotatable bonds is 7. The van der Waals surface area contributed by atoms with Crippen LogP contribution in [0, 0.1) is 0 Å². The molecule has 0 spiro atoms. The van der Waals surface area contributed by atoms with E-state index in [1.165, 1.54) is 23.7 Å². The zero-order chi connectivity index (χ0) is 23.5. The lowest BCUT2D eigenvalue weighted by Crippen LogP contribution is -2.43. The van der Waals surface area contributed by atoms with Crippen LogP contribution in [-0.2, 0) is 27.3 Å². The number of thioether (sulfide) groups is 1. The van der Waals surface area contributed by atoms with Gasteiger partial charge in [0.15, 0.2) is 0 Å². The van der Waals surface area contributed by atoms with Gasteiger partial charge in [-0.25, -0.2) is 0 Å². The summed E-state index contributed by atoms with van der Waals surface area (Å²) in [6, 6.07) is 6.50. The number of carbonyl (C=O) groups is 2. The highest BCUT2D eigenvalue weighted by Crippen LogP contribution is 2.35. The highest BCUT2D eigenvalue weighted by atomic mass is 32.2. The van der Waals surface area contributed by atoms with Gasteiger partial charge in [0.05, 0.1) is 23.6 Å². The second-order valence-corrected chi connectivity index (χ2v) is 10.3. The maximum absolute atomic E-state index is 13.2. The lowest BCUT2D eigenvalue weighted by molar-refractivity contribution is -0.135. The minimum absolute atomic E-state index is 0.0900. The van der Waals surface area contributed by atoms with Crippen LogP contribution >= 0.6 is 24.0 Å². The third-order valence-corrected chi connectivity index (χ3v) is 7.88. The maximum Gasteiger partial charge on any atom is 0.266 e. The number of hydrogen-bond acceptors (Lipinski definition) is 5. The average Bonchev–Trinajstić information content (AvgIpc) is 3.29. The van der Waals surface area contributed by atoms with E-state index in [4.69, 9.17) is 17.0 Å². The predicted molar refractivity (Wildman–Crippen MR) is 138 cm³/mol. The summed E-state index contributed by atoms with van der Waals surface area (Å²) in [6.45, 7) is 6.29. The summed E-state index contributed by atoms with van der Waals surface area (Å²) in [4.78, 5) is 30.4. The van der Waals surface area contributed by atoms with Gasteiger partial charge in [-0.3, -0.25) is 14.5 Å². The van der Waals surface area contributed by atoms with Crippen LogP contribution in [0.25, 0.3) is 17.0 Å². The van der Waals surface area contributed by atoms with Gasteiger partial charge in [0, 0.05) is 36.8 Å². The van der Waals surface area contributed by atoms with Crippen molar-refractivity contribution in [3.8, 4) is 0 Å². The number of para-hydroxylation sites is 1. The molecule has 2 amide bonds. The van der Waals surface area contributed by atoms with Crippen molar-refractivity contribution in [2.75, 3.05) is 26.8 Å². The van der Waals surface area contributed by atoms with Crippen LogP contribution in [0.15, 0.2) is 29.3 Å². The molecular formula is C25H31N3O3S2. The zero-order valence-electron chi connectivity index (χ0n) is 19.5. The number of fused-ring (bicyclic) bond motifs is 1. The van der Waals surface area contributed by atoms with Crippen LogP contribution in [0.4, 0.5) is 0 Å². The number of amides is 2. The molecule has 1 atom stereocenters. The number of piperidine rings is 1. The number of thiocarbonyl (C=S) groups is 1. The summed E-state index contributed by atoms with van der Waals surface area (Å²) in [7, 11) is 1.61. The fourth-order valence-corrected chi connectivity index (χ4v) is 6.01. The second-order valence-electron chi connectivity index (χ2n) is 8.64. The molecule has 4 rings (SSSR count). The summed E-state index contributed by atoms with van der Waals surface area (Å²) < 4.78 is 7.73. The highest BCUT2D eigenvalue weighted by Gasteiger charge is 2.32. The van der Waals surface area contributed by atoms with Crippen LogP contribution < -0.4 is 0 Å². The van der Waals surface area contributed by atoms with Gasteiger partial charge in [0.25, 0.3) is 5.91 Å². The molecule has 2 fully saturated rings. The van der Waals surface area contributed by atoms with Crippen molar-refractivity contribution in [2.24, 2.45) is 0 Å². The number of aromatic nitrogens is 1. The van der Waals surface area contributed by atoms with Crippen molar-refractivity contribution in [1.82, 2.24) is 14.4 Å². The fourth-order valence-electron chi connectivity index (χ4n) is 4.71. The average molecular weight is 486 g/mol. The molecule has 33 heavy (non-hydrogen) atoms. The van der Waals surface area contributed by atoms with E-state index in [0.717, 1.165) is 42.3 Å². The number of nitrogens with zero attached hydrogens (tertiary/aromatic N) is 3. The number of hydrogen-bond donors (Lipinski definition) is 0. The van der Waals surface area contributed by atoms with Crippen molar-refractivity contribution in [3.05, 3.63) is 40.4 Å². The molecule has 3 heterocycles. The number of methoxy groups -OCH3 is 1. The first-order valence-electron chi connectivity index (χ1n) is 11.6. The van der Waals surface area contributed by atoms with Crippen LogP contribution in [0.2, 0.25) is 0 Å². The Bertz CT molecular complexity index is 1110. The summed E-state index contributed by atoms with van der Waals surface area (Å²) in [5, 5.41) is 1.05. The van der Waals surface area contributed by atoms with Crippen LogP contribution in [-0.4, -0.2) is 63.3 Å². The van der Waals surface area contributed by atoms with Gasteiger partial charge in [-0.05, 0) is 44.2 Å². The van der Waals surface area contributed by atoms with Crippen molar-refractivity contribution in [1.29, 1.82) is 0 Å². The molecule has 2 saturated heterocycles. The van der Waals surface area contributed by atoms with Gasteiger partial charge < -0.3 is 14.2 Å². The Morgan fingerprint density at radius 2 is 2.15 bits per heavy atom. The maximum atomic E-state index is 13.2. The minimum atomic E-state index is -0.0900. The van der Waals surface area contributed by atoms with Gasteiger partial charge in [-0.15, -0.1) is 0 Å². The summed E-state index contributed by atoms with van der Waals surface area (Å²) in [6.07, 6.45) is 8.11. The molecule has 6 nitrogen and oxygen atoms in total. The first-order chi connectivity index (χ1) is 15.9. The standard InChI is InChI=1S/C25H31N3O3S2/c1-4-18-9-7-10-20-19(14-21-24(30)28(12-13-31-3)25(32)33-21)15-26(23(18)20)16-22(29)27-11-6-5-8-17(27)2/h7,9-10,14-15,17H,4-6,8,11-13,16H2,1-3H3/b21-14-/t17-/m0/s1. The van der Waals surface area contributed by atoms with E-state index >= 15 is 0 Å². The smallest absolute Gasteiger partial charge is 0.266 e. The second kappa shape index (κ2) is 10.4. The van der Waals surface area contributed by atoms with Crippen LogP contribution in [0.1, 0.15) is 44.2 Å². The first-order valence-corrected chi connectivity index (χ1v) is 12.8. The quantitative estimate of drug-likeness (QED) is 0.428. The Balaban J connectivity index is 1.69. The van der Waals surface area contributed by atoms with Gasteiger partial charge in [0.2, 0.25) is 5.91 Å². The third-order valence-electron chi connectivity index (χ3n) is 6.50. The molecule has 0 N–H and O–H groups in total. The van der Waals surface area contributed by atoms with Gasteiger partial charge in [-0.2, -0.15) is 0 Å². The molecule has 2 aliphatic heterocycles. The Morgan fingerprint density at radius 3 is 2.88 bits per heavy atom. The van der Waals surface area contributed by atoms with Crippen molar-refractivity contribution in [2.45, 2.75) is 52.1 Å². The molecule has 2 aromatic rings. The number of ether oxygens (including phenoxy) is 1. The highest BCUT2D eigenvalue weighted by molar-refractivity contribution is 8.26. The molecule has 2 aliphatic rings. The number of likely N-dealkylation sites (tertiary alicyclic amines) is 1. The van der Waals surface area contributed by atoms with Crippen molar-refractivity contribution >= 4 is 57.1 Å². The summed E-state index contributed by atoms with van der Waals surface area (Å²) in [5.41, 5.74) is 3.20. The Morgan fingerprint density at radius 1 is 1.33 bits per heavy atom. The zero-order valence-corrected chi connectivity index (χ0v) is 21.1. The van der Waals surface area contributed by atoms with Crippen molar-refractivity contribution < 1.29 is 14.3 Å². The molecule has 1 aromatic heterocycles. The molecule has 0 unspecified atom stereocenters.